The molecule has 0 bridgehead atoms. The molecule has 1 aromatic rings. The number of para-hydroxylation sites is 1. The molecule has 718 valence electrons. The van der Waals surface area contributed by atoms with Gasteiger partial charge in [0.15, 0.2) is 50.1 Å². The zero-order valence-corrected chi connectivity index (χ0v) is 71.2. The molecule has 1 aromatic carbocycles. The number of phenols is 1. The monoisotopic (exact) mass is 1810 g/mol. The molecule has 0 aromatic heterocycles. The highest BCUT2D eigenvalue weighted by Gasteiger charge is 2.74. The lowest BCUT2D eigenvalue weighted by molar-refractivity contribution is -0.390. The molecule has 0 radical (unpaired) electrons. The number of hydrogen-bond donors (Lipinski definition) is 24. The lowest BCUT2D eigenvalue weighted by atomic mass is 9.33. The Bertz CT molecular complexity index is 3880. The van der Waals surface area contributed by atoms with Gasteiger partial charge in [0.25, 0.3) is 0 Å². The molecule has 0 amide bonds. The van der Waals surface area contributed by atoms with Gasteiger partial charge in [0.2, 0.25) is 6.29 Å². The van der Waals surface area contributed by atoms with Gasteiger partial charge >= 0.3 is 11.9 Å². The smallest absolute Gasteiger partial charge is 0.342 e. The van der Waals surface area contributed by atoms with Crippen LogP contribution in [0.25, 0.3) is 0 Å². The fraction of sp³-hybridized carbons (Fsp3) is 0.880. The van der Waals surface area contributed by atoms with Crippen LogP contribution in [0.4, 0.5) is 0 Å². The highest BCUT2D eigenvalue weighted by atomic mass is 16.8. The number of aliphatic hydroxyl groups is 23. The first-order valence-corrected chi connectivity index (χ1v) is 43.3. The van der Waals surface area contributed by atoms with E-state index in [0.29, 0.717) is 25.7 Å². The highest BCUT2D eigenvalue weighted by molar-refractivity contribution is 5.92. The zero-order valence-electron chi connectivity index (χ0n) is 71.2. The van der Waals surface area contributed by atoms with Gasteiger partial charge in [0.05, 0.1) is 64.1 Å². The van der Waals surface area contributed by atoms with E-state index < -0.39 is 354 Å². The molecule has 43 nitrogen and oxygen atoms in total. The van der Waals surface area contributed by atoms with Gasteiger partial charge in [0, 0.05) is 11.8 Å². The van der Waals surface area contributed by atoms with Crippen molar-refractivity contribution in [2.45, 2.75) is 365 Å². The Morgan fingerprint density at radius 1 is 0.429 bits per heavy atom. The van der Waals surface area contributed by atoms with Gasteiger partial charge in [-0.05, 0) is 110 Å². The number of carbonyl (C=O) groups is 2. The normalized spacial score (nSPS) is 51.9. The minimum absolute atomic E-state index is 0.00246. The number of allylic oxidation sites excluding steroid dienone is 2. The standard InChI is InChI=1S/C83H128O43/c1-29-46(91)55(100)65(123-69-58(103)47(92)35(89)27-110-69)74(112-29)111-28-40-52(97)57(102)66(124-72-61(106)54(99)49(94)37(24-85)115-72)75(118-40)120-44-17-18-80(7)41(79(44,5)6)16-19-81(8)42(80)15-14-32-33-20-78(3,4)45(119-68(108)31-12-10-11-13-34(31)88)22-83(33,43(90)21-82(32,81)9)77(109)126-76-67(56(101)50(95)38(25-86)117-76)125-73-62(107)64(122-71-60(105)53(98)48(93)36(23-84)114-71)63(30(2)113-73)121-70-59(104)51(96)39(26-87)116-70/h10-14,29-30,33,35-67,69-76,84-107H,15-28H2,1-9H3/t29-,30+,33?,35-,36-,37-,38-,39+,40-,41?,42?,43?,44+,45+,46+,47+,48-,49-,50-,51+,52-,53+,54+,55+,56+,57+,58-,59-,60-,61-,62-,63+,64+,65-,66-,67-,69+,70+,71+,72+,73+,74-,75+,76+,80+,81-,82-,83-/m1/s1. The quantitative estimate of drug-likeness (QED) is 0.0275. The molecule has 43 heteroatoms. The molecular weight excluding hydrogens is 1680 g/mol. The average Bonchev–Trinajstić information content (AvgIpc) is 0.718. The number of benzene rings is 1. The van der Waals surface area contributed by atoms with E-state index in [1.54, 1.807) is 0 Å². The molecule has 8 heterocycles. The molecule has 4 unspecified atom stereocenters. The minimum Gasteiger partial charge on any atom is -0.507 e. The van der Waals surface area contributed by atoms with E-state index in [0.717, 1.165) is 5.57 Å². The molecule has 14 rings (SSSR count). The molecule has 4 saturated carbocycles. The number of carbonyl (C=O) groups excluding carboxylic acids is 2. The van der Waals surface area contributed by atoms with E-state index in [4.69, 9.17) is 80.5 Å². The summed E-state index contributed by atoms with van der Waals surface area (Å²) in [6, 6.07) is 5.61. The second-order valence-electron chi connectivity index (χ2n) is 38.6. The van der Waals surface area contributed by atoms with Crippen molar-refractivity contribution < 1.29 is 213 Å². The van der Waals surface area contributed by atoms with Crippen molar-refractivity contribution in [2.24, 2.45) is 50.2 Å². The zero-order chi connectivity index (χ0) is 91.7. The molecule has 5 aliphatic carbocycles. The van der Waals surface area contributed by atoms with Crippen molar-refractivity contribution in [2.75, 3.05) is 39.6 Å². The number of ether oxygens (including phenoxy) is 17. The maximum Gasteiger partial charge on any atom is 0.342 e. The number of phenolic OH excluding ortho intramolecular Hbond substituents is 1. The van der Waals surface area contributed by atoms with Crippen LogP contribution >= 0.6 is 0 Å². The summed E-state index contributed by atoms with van der Waals surface area (Å²) in [6.07, 6.45) is -69.6. The molecule has 12 fully saturated rings. The Kier molecular flexibility index (Phi) is 29.5. The molecule has 48 atom stereocenters. The van der Waals surface area contributed by atoms with Crippen molar-refractivity contribution in [3.8, 4) is 5.75 Å². The van der Waals surface area contributed by atoms with Gasteiger partial charge in [-0.2, -0.15) is 0 Å². The molecular formula is C83H128O43. The second-order valence-corrected chi connectivity index (χ2v) is 38.6. The number of esters is 2. The van der Waals surface area contributed by atoms with Crippen LogP contribution in [0.3, 0.4) is 0 Å². The fourth-order valence-corrected chi connectivity index (χ4v) is 22.8. The Balaban J connectivity index is 0.757. The van der Waals surface area contributed by atoms with Gasteiger partial charge in [-0.3, -0.25) is 4.79 Å². The molecule has 13 aliphatic rings. The third-order valence-electron chi connectivity index (χ3n) is 30.6. The number of aliphatic hydroxyl groups excluding tert-OH is 23. The summed E-state index contributed by atoms with van der Waals surface area (Å²) in [4.78, 5) is 31.0. The maximum absolute atomic E-state index is 16.6. The van der Waals surface area contributed by atoms with Gasteiger partial charge in [-0.25, -0.2) is 4.79 Å². The van der Waals surface area contributed by atoms with Crippen LogP contribution in [-0.4, -0.2) is 426 Å². The van der Waals surface area contributed by atoms with Crippen LogP contribution in [0.15, 0.2) is 35.9 Å². The summed E-state index contributed by atoms with van der Waals surface area (Å²) in [5.74, 6) is -4.10. The summed E-state index contributed by atoms with van der Waals surface area (Å²) in [7, 11) is 0. The second kappa shape index (κ2) is 37.8. The Morgan fingerprint density at radius 2 is 0.905 bits per heavy atom. The average molecular weight is 1810 g/mol. The van der Waals surface area contributed by atoms with Crippen molar-refractivity contribution in [3.05, 3.63) is 41.5 Å². The Hall–Kier alpha value is -3.82. The predicted octanol–water partition coefficient (Wildman–Crippen LogP) is -7.89. The van der Waals surface area contributed by atoms with Crippen LogP contribution in [-0.2, 0) is 85.3 Å². The van der Waals surface area contributed by atoms with Gasteiger partial charge in [-0.1, -0.05) is 72.2 Å². The van der Waals surface area contributed by atoms with Crippen molar-refractivity contribution in [1.82, 2.24) is 0 Å². The summed E-state index contributed by atoms with van der Waals surface area (Å²) in [5.41, 5.74) is -5.97. The minimum atomic E-state index is -2.26. The van der Waals surface area contributed by atoms with E-state index in [1.807, 2.05) is 34.6 Å². The fourth-order valence-electron chi connectivity index (χ4n) is 22.8. The van der Waals surface area contributed by atoms with E-state index in [-0.39, 0.29) is 36.7 Å². The third kappa shape index (κ3) is 17.3. The van der Waals surface area contributed by atoms with E-state index in [1.165, 1.54) is 38.1 Å². The van der Waals surface area contributed by atoms with Crippen molar-refractivity contribution >= 4 is 11.9 Å². The highest BCUT2D eigenvalue weighted by Crippen LogP contribution is 2.76. The molecule has 8 saturated heterocycles. The Labute approximate surface area is 724 Å². The number of aromatic hydroxyl groups is 1. The number of rotatable bonds is 23. The largest absolute Gasteiger partial charge is 0.507 e. The lowest BCUT2D eigenvalue weighted by Gasteiger charge is -2.72. The molecule has 24 N–H and O–H groups in total. The van der Waals surface area contributed by atoms with Crippen molar-refractivity contribution in [1.29, 1.82) is 0 Å². The van der Waals surface area contributed by atoms with Crippen LogP contribution in [0.2, 0.25) is 0 Å². The predicted molar refractivity (Wildman–Crippen MR) is 413 cm³/mol. The van der Waals surface area contributed by atoms with E-state index in [2.05, 4.69) is 19.9 Å². The summed E-state index contributed by atoms with van der Waals surface area (Å²) < 4.78 is 104. The number of hydrogen-bond acceptors (Lipinski definition) is 43. The lowest BCUT2D eigenvalue weighted by Crippen LogP contribution is -2.70. The summed E-state index contributed by atoms with van der Waals surface area (Å²) in [5, 5.41) is 268. The van der Waals surface area contributed by atoms with Gasteiger partial charge < -0.3 is 203 Å². The summed E-state index contributed by atoms with van der Waals surface area (Å²) >= 11 is 0. The molecule has 8 aliphatic heterocycles. The summed E-state index contributed by atoms with van der Waals surface area (Å²) in [6.45, 7) is 12.0. The van der Waals surface area contributed by atoms with Crippen LogP contribution in [0.5, 0.6) is 5.75 Å². The first-order chi connectivity index (χ1) is 59.3. The first-order valence-electron chi connectivity index (χ1n) is 43.3. The maximum atomic E-state index is 16.6. The number of fused-ring (bicyclic) bond motifs is 7. The van der Waals surface area contributed by atoms with E-state index in [9.17, 15) is 127 Å². The van der Waals surface area contributed by atoms with Crippen LogP contribution < -0.4 is 0 Å². The first kappa shape index (κ1) is 98.2. The molecule has 126 heavy (non-hydrogen) atoms. The van der Waals surface area contributed by atoms with Gasteiger partial charge in [-0.15, -0.1) is 0 Å². The van der Waals surface area contributed by atoms with Crippen molar-refractivity contribution in [3.63, 3.8) is 0 Å². The third-order valence-corrected chi connectivity index (χ3v) is 30.6. The molecule has 0 spiro atoms. The topological polar surface area (TPSA) is 677 Å². The van der Waals surface area contributed by atoms with Crippen LogP contribution in [0, 0.1) is 50.2 Å². The van der Waals surface area contributed by atoms with Crippen LogP contribution in [0.1, 0.15) is 124 Å². The van der Waals surface area contributed by atoms with Gasteiger partial charge in [0.1, 0.15) is 188 Å². The Morgan fingerprint density at radius 3 is 1.49 bits per heavy atom. The van der Waals surface area contributed by atoms with E-state index >= 15 is 4.79 Å². The SMILES string of the molecule is C[C@@H]1O[C@@H](O[C@H]2[C@H](OC(=O)[C@]34C[C@H](OC(=O)c5ccccc5O)C(C)(C)CC3C3=CCC5[C@@]6(C)CC[C@H](O[C@@H]7O[C@H](CO[C@@H]8O[C@H](C)[C@H](O)[C@H](O)[C@H]8O[C@@H]8OC[C@@H](O)[C@H](O)[C@H]8O)[C@@H](O)[C@H](O)[C@H]7O[C@@H]7O[C@H](CO)[C@@H](O)[C@H](O)[C@H]7O)C(C)(C)C6CC[C@@]5(C)[C@]3(C)CC4O)O[C@H](CO)[C@@H](O)[C@@H]2O)[C@H](O)[C@H](O[C@@H]2O[C@H](CO)[C@@H](O)[C@H](O)[C@H]2O)[C@H]1O[C@@H]1O[C@@H](CO)[C@H](O)[C@H]1O.